The van der Waals surface area contributed by atoms with E-state index in [0.29, 0.717) is 5.39 Å². The predicted molar refractivity (Wildman–Crippen MR) is 121 cm³/mol. The smallest absolute Gasteiger partial charge is 0.275 e. The quantitative estimate of drug-likeness (QED) is 0.497. The summed E-state index contributed by atoms with van der Waals surface area (Å²) >= 11 is 1.56. The Labute approximate surface area is 179 Å². The van der Waals surface area contributed by atoms with Crippen LogP contribution in [-0.2, 0) is 11.3 Å². The van der Waals surface area contributed by atoms with Crippen LogP contribution in [0, 0.1) is 5.92 Å². The van der Waals surface area contributed by atoms with Gasteiger partial charge >= 0.3 is 0 Å². The first-order valence-corrected chi connectivity index (χ1v) is 10.8. The van der Waals surface area contributed by atoms with Crippen molar-refractivity contribution in [2.24, 2.45) is 5.92 Å². The van der Waals surface area contributed by atoms with Gasteiger partial charge < -0.3 is 5.32 Å². The Balaban J connectivity index is 1.67. The first-order valence-electron chi connectivity index (χ1n) is 9.92. The lowest BCUT2D eigenvalue weighted by molar-refractivity contribution is -0.123. The van der Waals surface area contributed by atoms with Crippen LogP contribution in [0.1, 0.15) is 25.5 Å². The minimum Gasteiger partial charge on any atom is -0.347 e. The lowest BCUT2D eigenvalue weighted by Crippen LogP contribution is -2.37. The highest BCUT2D eigenvalue weighted by molar-refractivity contribution is 7.13. The molecule has 1 atom stereocenters. The van der Waals surface area contributed by atoms with E-state index in [1.165, 1.54) is 4.68 Å². The zero-order valence-corrected chi connectivity index (χ0v) is 17.7. The highest BCUT2D eigenvalue weighted by Crippen LogP contribution is 2.28. The molecule has 5 nitrogen and oxygen atoms in total. The van der Waals surface area contributed by atoms with Crippen LogP contribution in [0.5, 0.6) is 0 Å². The maximum atomic E-state index is 13.0. The summed E-state index contributed by atoms with van der Waals surface area (Å²) in [7, 11) is 0. The van der Waals surface area contributed by atoms with Crippen molar-refractivity contribution in [1.82, 2.24) is 15.1 Å². The van der Waals surface area contributed by atoms with E-state index in [1.807, 2.05) is 66.0 Å². The normalized spacial score (nSPS) is 12.2. The first-order chi connectivity index (χ1) is 14.5. The number of nitrogens with one attached hydrogen (secondary N) is 1. The van der Waals surface area contributed by atoms with Gasteiger partial charge in [0, 0.05) is 5.39 Å². The van der Waals surface area contributed by atoms with Crippen molar-refractivity contribution in [2.45, 2.75) is 26.4 Å². The fourth-order valence-electron chi connectivity index (χ4n) is 3.59. The van der Waals surface area contributed by atoms with Gasteiger partial charge in [-0.1, -0.05) is 68.4 Å². The number of hydrogen-bond acceptors (Lipinski definition) is 4. The number of carbonyl (C=O) groups is 1. The molecule has 0 saturated heterocycles. The van der Waals surface area contributed by atoms with Crippen molar-refractivity contribution in [3.05, 3.63) is 88.0 Å². The van der Waals surface area contributed by atoms with E-state index in [2.05, 4.69) is 24.3 Å². The molecule has 0 saturated carbocycles. The van der Waals surface area contributed by atoms with E-state index in [-0.39, 0.29) is 30.0 Å². The number of nitrogens with zero attached hydrogens (tertiary/aromatic N) is 2. The van der Waals surface area contributed by atoms with Crippen LogP contribution >= 0.6 is 11.3 Å². The van der Waals surface area contributed by atoms with Crippen LogP contribution in [0.3, 0.4) is 0 Å². The summed E-state index contributed by atoms with van der Waals surface area (Å²) in [5, 5.41) is 11.0. The Morgan fingerprint density at radius 2 is 1.70 bits per heavy atom. The van der Waals surface area contributed by atoms with Crippen molar-refractivity contribution >= 4 is 28.0 Å². The Morgan fingerprint density at radius 1 is 1.00 bits per heavy atom. The van der Waals surface area contributed by atoms with Crippen LogP contribution in [-0.4, -0.2) is 15.7 Å². The average molecular weight is 418 g/mol. The van der Waals surface area contributed by atoms with Crippen LogP contribution < -0.4 is 10.9 Å². The van der Waals surface area contributed by atoms with Gasteiger partial charge in [0.15, 0.2) is 0 Å². The molecule has 30 heavy (non-hydrogen) atoms. The van der Waals surface area contributed by atoms with E-state index in [4.69, 9.17) is 0 Å². The highest BCUT2D eigenvalue weighted by Gasteiger charge is 2.20. The molecular formula is C24H23N3O2S. The number of benzene rings is 2. The van der Waals surface area contributed by atoms with Gasteiger partial charge in [0.2, 0.25) is 5.91 Å². The number of rotatable bonds is 6. The molecule has 4 rings (SSSR count). The fourth-order valence-corrected chi connectivity index (χ4v) is 4.31. The molecule has 0 aliphatic carbocycles. The molecule has 0 spiro atoms. The van der Waals surface area contributed by atoms with Gasteiger partial charge in [-0.3, -0.25) is 9.59 Å². The average Bonchev–Trinajstić information content (AvgIpc) is 3.29. The molecule has 2 aromatic heterocycles. The SMILES string of the molecule is CC(C)[C@@H](NC(=O)Cn1nc(-c2cccs2)c2ccccc2c1=O)c1ccccc1. The number of carbonyl (C=O) groups excluding carboxylic acids is 1. The molecule has 1 amide bonds. The minimum atomic E-state index is -0.262. The summed E-state index contributed by atoms with van der Waals surface area (Å²) in [6, 6.07) is 21.1. The van der Waals surface area contributed by atoms with E-state index in [1.54, 1.807) is 17.4 Å². The summed E-state index contributed by atoms with van der Waals surface area (Å²) in [5.74, 6) is -0.0288. The van der Waals surface area contributed by atoms with Crippen molar-refractivity contribution in [3.8, 4) is 10.6 Å². The molecule has 0 aliphatic heterocycles. The number of aromatic nitrogens is 2. The Hall–Kier alpha value is -3.25. The van der Waals surface area contributed by atoms with Gasteiger partial charge in [-0.05, 0) is 29.0 Å². The second kappa shape index (κ2) is 8.63. The lowest BCUT2D eigenvalue weighted by atomic mass is 9.96. The van der Waals surface area contributed by atoms with Crippen molar-refractivity contribution in [3.63, 3.8) is 0 Å². The molecule has 0 aliphatic rings. The molecule has 4 aromatic rings. The van der Waals surface area contributed by atoms with Crippen molar-refractivity contribution < 1.29 is 4.79 Å². The van der Waals surface area contributed by atoms with E-state index in [9.17, 15) is 9.59 Å². The zero-order chi connectivity index (χ0) is 21.1. The Morgan fingerprint density at radius 3 is 2.37 bits per heavy atom. The van der Waals surface area contributed by atoms with Crippen LogP contribution in [0.15, 0.2) is 76.9 Å². The van der Waals surface area contributed by atoms with Gasteiger partial charge in [0.25, 0.3) is 5.56 Å². The minimum absolute atomic E-state index is 0.127. The van der Waals surface area contributed by atoms with E-state index >= 15 is 0 Å². The second-order valence-corrected chi connectivity index (χ2v) is 8.48. The summed E-state index contributed by atoms with van der Waals surface area (Å²) in [6.45, 7) is 4.00. The maximum absolute atomic E-state index is 13.0. The molecule has 2 heterocycles. The van der Waals surface area contributed by atoms with Gasteiger partial charge in [-0.15, -0.1) is 11.3 Å². The van der Waals surface area contributed by atoms with Crippen molar-refractivity contribution in [2.75, 3.05) is 0 Å². The number of hydrogen-bond donors (Lipinski definition) is 1. The number of amides is 1. The number of thiophene rings is 1. The molecule has 2 aromatic carbocycles. The van der Waals surface area contributed by atoms with E-state index < -0.39 is 0 Å². The van der Waals surface area contributed by atoms with Crippen LogP contribution in [0.4, 0.5) is 0 Å². The molecule has 0 bridgehead atoms. The largest absolute Gasteiger partial charge is 0.347 e. The second-order valence-electron chi connectivity index (χ2n) is 7.53. The molecule has 152 valence electrons. The summed E-state index contributed by atoms with van der Waals surface area (Å²) < 4.78 is 1.27. The molecule has 0 fully saturated rings. The molecule has 0 unspecified atom stereocenters. The van der Waals surface area contributed by atoms with Gasteiger partial charge in [0.05, 0.1) is 16.3 Å². The molecule has 6 heteroatoms. The lowest BCUT2D eigenvalue weighted by Gasteiger charge is -2.23. The van der Waals surface area contributed by atoms with Gasteiger partial charge in [0.1, 0.15) is 12.2 Å². The molecular weight excluding hydrogens is 394 g/mol. The monoisotopic (exact) mass is 417 g/mol. The van der Waals surface area contributed by atoms with Crippen LogP contribution in [0.25, 0.3) is 21.3 Å². The van der Waals surface area contributed by atoms with E-state index in [0.717, 1.165) is 21.5 Å². The summed E-state index contributed by atoms with van der Waals surface area (Å²) in [5.41, 5.74) is 1.50. The Kier molecular flexibility index (Phi) is 5.77. The van der Waals surface area contributed by atoms with Crippen molar-refractivity contribution in [1.29, 1.82) is 0 Å². The van der Waals surface area contributed by atoms with Gasteiger partial charge in [-0.25, -0.2) is 4.68 Å². The third-order valence-electron chi connectivity index (χ3n) is 5.06. The first kappa shape index (κ1) is 20.0. The number of fused-ring (bicyclic) bond motifs is 1. The third kappa shape index (κ3) is 4.04. The predicted octanol–water partition coefficient (Wildman–Crippen LogP) is 4.64. The fraction of sp³-hybridized carbons (Fsp3) is 0.208. The Bertz CT molecular complexity index is 1210. The standard InChI is InChI=1S/C24H23N3O2S/c1-16(2)22(17-9-4-3-5-10-17)25-21(28)15-27-24(29)19-12-7-6-11-18(19)23(26-27)20-13-8-14-30-20/h3-14,16,22H,15H2,1-2H3,(H,25,28)/t22-/m1/s1. The molecule has 1 N–H and O–H groups in total. The van der Waals surface area contributed by atoms with Crippen LogP contribution in [0.2, 0.25) is 0 Å². The maximum Gasteiger partial charge on any atom is 0.275 e. The third-order valence-corrected chi connectivity index (χ3v) is 5.93. The highest BCUT2D eigenvalue weighted by atomic mass is 32.1. The summed E-state index contributed by atoms with van der Waals surface area (Å²) in [4.78, 5) is 26.8. The zero-order valence-electron chi connectivity index (χ0n) is 16.9. The van der Waals surface area contributed by atoms with Gasteiger partial charge in [-0.2, -0.15) is 5.10 Å². The molecule has 0 radical (unpaired) electrons. The topological polar surface area (TPSA) is 64.0 Å². The summed E-state index contributed by atoms with van der Waals surface area (Å²) in [6.07, 6.45) is 0.